The zero-order valence-corrected chi connectivity index (χ0v) is 22.8. The minimum atomic E-state index is -3.52. The summed E-state index contributed by atoms with van der Waals surface area (Å²) in [6.07, 6.45) is 4.07. The van der Waals surface area contributed by atoms with E-state index < -0.39 is 20.0 Å². The number of rotatable bonds is 10. The second-order valence-corrected chi connectivity index (χ2v) is 13.6. The van der Waals surface area contributed by atoms with Crippen LogP contribution in [0.3, 0.4) is 0 Å². The van der Waals surface area contributed by atoms with Crippen LogP contribution in [0.2, 0.25) is 0 Å². The first-order chi connectivity index (χ1) is 17.7. The van der Waals surface area contributed by atoms with Crippen LogP contribution in [0.25, 0.3) is 0 Å². The highest BCUT2D eigenvalue weighted by atomic mass is 32.2. The van der Waals surface area contributed by atoms with Crippen molar-refractivity contribution in [3.63, 3.8) is 0 Å². The van der Waals surface area contributed by atoms with Gasteiger partial charge in [-0.3, -0.25) is 4.79 Å². The number of carbonyl (C=O) groups is 1. The van der Waals surface area contributed by atoms with Crippen LogP contribution in [0.5, 0.6) is 5.75 Å². The van der Waals surface area contributed by atoms with Crippen molar-refractivity contribution in [3.05, 3.63) is 54.1 Å². The molecule has 4 rings (SSSR count). The van der Waals surface area contributed by atoms with Gasteiger partial charge in [0.1, 0.15) is 5.75 Å². The Hall–Kier alpha value is -2.47. The summed E-state index contributed by atoms with van der Waals surface area (Å²) in [6, 6.07) is 12.9. The molecule has 9 nitrogen and oxygen atoms in total. The lowest BCUT2D eigenvalue weighted by Gasteiger charge is -2.29. The van der Waals surface area contributed by atoms with Crippen molar-refractivity contribution in [1.82, 2.24) is 13.9 Å². The lowest BCUT2D eigenvalue weighted by atomic mass is 10.0. The predicted octanol–water partition coefficient (Wildman–Crippen LogP) is 2.63. The maximum absolute atomic E-state index is 12.8. The molecule has 0 aliphatic carbocycles. The van der Waals surface area contributed by atoms with E-state index in [0.717, 1.165) is 31.2 Å². The second-order valence-electron chi connectivity index (χ2n) is 9.70. The molecule has 0 atom stereocenters. The molecule has 2 saturated heterocycles. The van der Waals surface area contributed by atoms with Crippen LogP contribution in [0.15, 0.2) is 58.3 Å². The Morgan fingerprint density at radius 2 is 1.35 bits per heavy atom. The quantitative estimate of drug-likeness (QED) is 0.488. The number of nitrogens with zero attached hydrogens (tertiary/aromatic N) is 2. The number of benzene rings is 2. The maximum atomic E-state index is 12.8. The topological polar surface area (TPSA) is 113 Å². The summed E-state index contributed by atoms with van der Waals surface area (Å²) < 4.78 is 59.4. The van der Waals surface area contributed by atoms with Crippen molar-refractivity contribution < 1.29 is 26.4 Å². The van der Waals surface area contributed by atoms with Gasteiger partial charge in [0, 0.05) is 32.7 Å². The molecule has 1 amide bonds. The van der Waals surface area contributed by atoms with Crippen molar-refractivity contribution in [2.45, 2.75) is 48.8 Å². The Balaban J connectivity index is 1.20. The third kappa shape index (κ3) is 6.90. The Kier molecular flexibility index (Phi) is 8.89. The zero-order chi connectivity index (χ0) is 26.5. The van der Waals surface area contributed by atoms with Crippen LogP contribution in [-0.2, 0) is 31.3 Å². The van der Waals surface area contributed by atoms with Crippen molar-refractivity contribution >= 4 is 26.0 Å². The van der Waals surface area contributed by atoms with Gasteiger partial charge in [-0.05, 0) is 80.0 Å². The molecule has 0 unspecified atom stereocenters. The molecule has 2 aromatic carbocycles. The van der Waals surface area contributed by atoms with Gasteiger partial charge in [0.15, 0.2) is 6.61 Å². The largest absolute Gasteiger partial charge is 0.484 e. The normalized spacial score (nSPS) is 18.1. The van der Waals surface area contributed by atoms with Crippen molar-refractivity contribution in [1.29, 1.82) is 0 Å². The molecule has 1 N–H and O–H groups in total. The minimum absolute atomic E-state index is 0.191. The van der Waals surface area contributed by atoms with Crippen molar-refractivity contribution in [2.75, 3.05) is 39.3 Å². The van der Waals surface area contributed by atoms with E-state index >= 15 is 0 Å². The Morgan fingerprint density at radius 3 is 1.92 bits per heavy atom. The SMILES string of the molecule is CC1CCN(S(=O)(=O)c2ccc(OCC(=O)NCCc3ccc(S(=O)(=O)N4CCCC4)cc3)cc2)CC1. The second kappa shape index (κ2) is 11.9. The molecule has 0 radical (unpaired) electrons. The number of hydrogen-bond acceptors (Lipinski definition) is 6. The Morgan fingerprint density at radius 1 is 0.838 bits per heavy atom. The van der Waals surface area contributed by atoms with Gasteiger partial charge in [0.05, 0.1) is 9.79 Å². The first-order valence-corrected chi connectivity index (χ1v) is 15.6. The molecule has 0 aromatic heterocycles. The molecule has 2 fully saturated rings. The molecule has 37 heavy (non-hydrogen) atoms. The number of carbonyl (C=O) groups excluding carboxylic acids is 1. The molecular formula is C26H35N3O6S2. The summed E-state index contributed by atoms with van der Waals surface area (Å²) >= 11 is 0. The summed E-state index contributed by atoms with van der Waals surface area (Å²) in [6.45, 7) is 4.52. The summed E-state index contributed by atoms with van der Waals surface area (Å²) in [7, 11) is -6.96. The number of ether oxygens (including phenoxy) is 1. The van der Waals surface area contributed by atoms with Crippen LogP contribution in [0.4, 0.5) is 0 Å². The van der Waals surface area contributed by atoms with Gasteiger partial charge in [-0.1, -0.05) is 19.1 Å². The molecule has 2 heterocycles. The molecule has 0 spiro atoms. The number of piperidine rings is 1. The van der Waals surface area contributed by atoms with E-state index in [9.17, 15) is 21.6 Å². The average Bonchev–Trinajstić information content (AvgIpc) is 3.45. The van der Waals surface area contributed by atoms with Crippen LogP contribution < -0.4 is 10.1 Å². The highest BCUT2D eigenvalue weighted by Crippen LogP contribution is 2.25. The predicted molar refractivity (Wildman–Crippen MR) is 140 cm³/mol. The van der Waals surface area contributed by atoms with Gasteiger partial charge >= 0.3 is 0 Å². The van der Waals surface area contributed by atoms with E-state index in [1.54, 1.807) is 36.4 Å². The lowest BCUT2D eigenvalue weighted by molar-refractivity contribution is -0.123. The van der Waals surface area contributed by atoms with Crippen molar-refractivity contribution in [2.24, 2.45) is 5.92 Å². The number of hydrogen-bond donors (Lipinski definition) is 1. The van der Waals surface area contributed by atoms with Gasteiger partial charge in [-0.25, -0.2) is 16.8 Å². The maximum Gasteiger partial charge on any atom is 0.257 e. The fourth-order valence-corrected chi connectivity index (χ4v) is 7.52. The van der Waals surface area contributed by atoms with Gasteiger partial charge < -0.3 is 10.1 Å². The molecular weight excluding hydrogens is 514 g/mol. The van der Waals surface area contributed by atoms with E-state index in [1.807, 2.05) is 0 Å². The van der Waals surface area contributed by atoms with Gasteiger partial charge in [-0.15, -0.1) is 0 Å². The summed E-state index contributed by atoms with van der Waals surface area (Å²) in [5, 5.41) is 2.78. The highest BCUT2D eigenvalue weighted by Gasteiger charge is 2.28. The summed E-state index contributed by atoms with van der Waals surface area (Å²) in [4.78, 5) is 12.7. The zero-order valence-electron chi connectivity index (χ0n) is 21.1. The van der Waals surface area contributed by atoms with E-state index in [0.29, 0.717) is 55.7 Å². The van der Waals surface area contributed by atoms with Gasteiger partial charge in [-0.2, -0.15) is 8.61 Å². The molecule has 2 aromatic rings. The third-order valence-corrected chi connectivity index (χ3v) is 10.8. The van der Waals surface area contributed by atoms with Crippen LogP contribution in [0.1, 0.15) is 38.2 Å². The van der Waals surface area contributed by atoms with E-state index in [-0.39, 0.29) is 17.4 Å². The molecule has 202 valence electrons. The molecule has 0 bridgehead atoms. The van der Waals surface area contributed by atoms with Crippen LogP contribution in [0, 0.1) is 5.92 Å². The number of amides is 1. The smallest absolute Gasteiger partial charge is 0.257 e. The number of sulfonamides is 2. The van der Waals surface area contributed by atoms with Crippen LogP contribution >= 0.6 is 0 Å². The molecule has 0 saturated carbocycles. The fraction of sp³-hybridized carbons (Fsp3) is 0.500. The van der Waals surface area contributed by atoms with Crippen molar-refractivity contribution in [3.8, 4) is 5.75 Å². The van der Waals surface area contributed by atoms with Crippen LogP contribution in [-0.4, -0.2) is 70.7 Å². The fourth-order valence-electron chi connectivity index (χ4n) is 4.53. The average molecular weight is 550 g/mol. The molecule has 11 heteroatoms. The first kappa shape index (κ1) is 27.6. The van der Waals surface area contributed by atoms with E-state index in [1.165, 1.54) is 20.7 Å². The standard InChI is InChI=1S/C26H35N3O6S2/c1-21-13-18-29(19-14-21)37(33,34)25-10-6-23(7-11-25)35-20-26(30)27-15-12-22-4-8-24(9-5-22)36(31,32)28-16-2-3-17-28/h4-11,21H,2-3,12-20H2,1H3,(H,27,30). The Labute approximate surface area is 219 Å². The lowest BCUT2D eigenvalue weighted by Crippen LogP contribution is -2.37. The highest BCUT2D eigenvalue weighted by molar-refractivity contribution is 7.89. The minimum Gasteiger partial charge on any atom is -0.484 e. The first-order valence-electron chi connectivity index (χ1n) is 12.7. The van der Waals surface area contributed by atoms with Gasteiger partial charge in [0.2, 0.25) is 20.0 Å². The molecule has 2 aliphatic rings. The summed E-state index contributed by atoms with van der Waals surface area (Å²) in [5.41, 5.74) is 0.918. The van der Waals surface area contributed by atoms with E-state index in [2.05, 4.69) is 12.2 Å². The van der Waals surface area contributed by atoms with E-state index in [4.69, 9.17) is 4.74 Å². The number of nitrogens with one attached hydrogen (secondary N) is 1. The third-order valence-electron chi connectivity index (χ3n) is 6.94. The molecule has 2 aliphatic heterocycles. The van der Waals surface area contributed by atoms with Gasteiger partial charge in [0.25, 0.3) is 5.91 Å². The monoisotopic (exact) mass is 549 g/mol. The Bertz CT molecular complexity index is 1260. The summed E-state index contributed by atoms with van der Waals surface area (Å²) in [5.74, 6) is 0.654.